The molecule has 1 aliphatic rings. The number of nitrogens with two attached hydrogens (primary N) is 1. The van der Waals surface area contributed by atoms with Gasteiger partial charge in [0, 0.05) is 18.1 Å². The van der Waals surface area contributed by atoms with E-state index in [4.69, 9.17) is 20.3 Å². The molecular formula is C22H37NO7. The van der Waals surface area contributed by atoms with Crippen LogP contribution in [-0.4, -0.2) is 46.6 Å². The summed E-state index contributed by atoms with van der Waals surface area (Å²) < 4.78 is 10.1. The molecule has 30 heavy (non-hydrogen) atoms. The second-order valence-electron chi connectivity index (χ2n) is 7.87. The summed E-state index contributed by atoms with van der Waals surface area (Å²) in [6, 6.07) is -1.08. The molecule has 8 heteroatoms. The van der Waals surface area contributed by atoms with Crippen molar-refractivity contribution in [3.63, 3.8) is 0 Å². The molecule has 3 atom stereocenters. The predicted molar refractivity (Wildman–Crippen MR) is 111 cm³/mol. The van der Waals surface area contributed by atoms with Crippen LogP contribution in [0.25, 0.3) is 0 Å². The summed E-state index contributed by atoms with van der Waals surface area (Å²) in [4.78, 5) is 34.3. The van der Waals surface area contributed by atoms with Gasteiger partial charge in [0.15, 0.2) is 0 Å². The van der Waals surface area contributed by atoms with E-state index in [-0.39, 0.29) is 18.4 Å². The number of cyclic esters (lactones) is 1. The third-order valence-corrected chi connectivity index (χ3v) is 5.22. The molecule has 0 bridgehead atoms. The Hall–Kier alpha value is -1.93. The van der Waals surface area contributed by atoms with Crippen LogP contribution in [0, 0.1) is 0 Å². The van der Waals surface area contributed by atoms with Gasteiger partial charge in [0.25, 0.3) is 0 Å². The Balaban J connectivity index is 2.42. The van der Waals surface area contributed by atoms with Gasteiger partial charge >= 0.3 is 17.9 Å². The minimum Gasteiger partial charge on any atom is -0.481 e. The summed E-state index contributed by atoms with van der Waals surface area (Å²) in [5.41, 5.74) is 5.91. The monoisotopic (exact) mass is 427 g/mol. The number of ether oxygens (including phenoxy) is 2. The van der Waals surface area contributed by atoms with E-state index in [0.717, 1.165) is 31.8 Å². The number of aliphatic carboxylic acids is 1. The highest BCUT2D eigenvalue weighted by Gasteiger charge is 2.33. The van der Waals surface area contributed by atoms with Crippen LogP contribution < -0.4 is 5.73 Å². The van der Waals surface area contributed by atoms with Crippen molar-refractivity contribution in [1.29, 1.82) is 0 Å². The summed E-state index contributed by atoms with van der Waals surface area (Å²) in [7, 11) is 0. The Labute approximate surface area is 178 Å². The molecule has 0 saturated carbocycles. The van der Waals surface area contributed by atoms with Crippen LogP contribution in [0.15, 0.2) is 11.6 Å². The Morgan fingerprint density at radius 3 is 2.13 bits per heavy atom. The molecule has 0 spiro atoms. The average Bonchev–Trinajstić information content (AvgIpc) is 3.04. The van der Waals surface area contributed by atoms with Crippen LogP contribution in [0.1, 0.15) is 90.4 Å². The van der Waals surface area contributed by atoms with Crippen molar-refractivity contribution < 1.29 is 34.1 Å². The lowest BCUT2D eigenvalue weighted by molar-refractivity contribution is -0.155. The number of hydrogen-bond donors (Lipinski definition) is 3. The van der Waals surface area contributed by atoms with Crippen LogP contribution in [0.4, 0.5) is 0 Å². The zero-order valence-electron chi connectivity index (χ0n) is 18.0. The number of hydrogen-bond acceptors (Lipinski definition) is 7. The van der Waals surface area contributed by atoms with E-state index >= 15 is 0 Å². The SMILES string of the molecule is CCCCCCCCCCCCC(OC(=O)C(N)CCC(=O)O)C1=CC(=O)OC1O. The molecular weight excluding hydrogens is 390 g/mol. The van der Waals surface area contributed by atoms with Crippen LogP contribution in [0.2, 0.25) is 0 Å². The van der Waals surface area contributed by atoms with Crippen LogP contribution in [-0.2, 0) is 23.9 Å². The van der Waals surface area contributed by atoms with Gasteiger partial charge in [0.05, 0.1) is 0 Å². The molecule has 1 heterocycles. The smallest absolute Gasteiger partial charge is 0.333 e. The number of esters is 2. The van der Waals surface area contributed by atoms with Gasteiger partial charge in [-0.25, -0.2) is 4.79 Å². The average molecular weight is 428 g/mol. The van der Waals surface area contributed by atoms with Gasteiger partial charge in [-0.2, -0.15) is 0 Å². The minimum absolute atomic E-state index is 0.0455. The number of rotatable bonds is 17. The first-order valence-corrected chi connectivity index (χ1v) is 11.1. The van der Waals surface area contributed by atoms with Gasteiger partial charge < -0.3 is 25.4 Å². The van der Waals surface area contributed by atoms with E-state index < -0.39 is 36.3 Å². The molecule has 1 rings (SSSR count). The fraction of sp³-hybridized carbons (Fsp3) is 0.773. The Bertz CT molecular complexity index is 576. The molecule has 1 aliphatic heterocycles. The molecule has 8 nitrogen and oxygen atoms in total. The largest absolute Gasteiger partial charge is 0.481 e. The van der Waals surface area contributed by atoms with Gasteiger partial charge in [-0.3, -0.25) is 9.59 Å². The van der Waals surface area contributed by atoms with Crippen LogP contribution in [0.3, 0.4) is 0 Å². The van der Waals surface area contributed by atoms with Gasteiger partial charge in [-0.05, 0) is 19.3 Å². The number of carboxylic acid groups (broad SMARTS) is 1. The van der Waals surface area contributed by atoms with Gasteiger partial charge in [-0.1, -0.05) is 64.7 Å². The van der Waals surface area contributed by atoms with Crippen LogP contribution in [0.5, 0.6) is 0 Å². The molecule has 0 amide bonds. The number of aliphatic hydroxyl groups is 1. The highest BCUT2D eigenvalue weighted by molar-refractivity contribution is 5.86. The maximum absolute atomic E-state index is 12.2. The third kappa shape index (κ3) is 10.7. The number of aliphatic hydroxyl groups excluding tert-OH is 1. The molecule has 172 valence electrons. The number of carboxylic acids is 1. The molecule has 0 saturated heterocycles. The normalized spacial score (nSPS) is 17.9. The topological polar surface area (TPSA) is 136 Å². The number of unbranched alkanes of at least 4 members (excludes halogenated alkanes) is 9. The Morgan fingerprint density at radius 2 is 1.63 bits per heavy atom. The van der Waals surface area contributed by atoms with Crippen molar-refractivity contribution >= 4 is 17.9 Å². The minimum atomic E-state index is -1.44. The molecule has 0 radical (unpaired) electrons. The quantitative estimate of drug-likeness (QED) is 0.238. The van der Waals surface area contributed by atoms with Crippen LogP contribution >= 0.6 is 0 Å². The van der Waals surface area contributed by atoms with Crippen molar-refractivity contribution in [2.24, 2.45) is 5.73 Å². The lowest BCUT2D eigenvalue weighted by Gasteiger charge is -2.22. The van der Waals surface area contributed by atoms with Crippen molar-refractivity contribution in [2.45, 2.75) is 109 Å². The lowest BCUT2D eigenvalue weighted by Crippen LogP contribution is -2.37. The second kappa shape index (κ2) is 15.0. The van der Waals surface area contributed by atoms with Gasteiger partial charge in [-0.15, -0.1) is 0 Å². The van der Waals surface area contributed by atoms with Gasteiger partial charge in [0.2, 0.25) is 6.29 Å². The number of carbonyl (C=O) groups is 3. The van der Waals surface area contributed by atoms with E-state index in [1.54, 1.807) is 0 Å². The predicted octanol–water partition coefficient (Wildman–Crippen LogP) is 3.20. The van der Waals surface area contributed by atoms with Crippen molar-refractivity contribution in [1.82, 2.24) is 0 Å². The summed E-state index contributed by atoms with van der Waals surface area (Å²) in [6.45, 7) is 2.21. The van der Waals surface area contributed by atoms with E-state index in [1.165, 1.54) is 38.5 Å². The Morgan fingerprint density at radius 1 is 1.07 bits per heavy atom. The maximum atomic E-state index is 12.2. The highest BCUT2D eigenvalue weighted by atomic mass is 16.6. The van der Waals surface area contributed by atoms with E-state index in [9.17, 15) is 19.5 Å². The van der Waals surface area contributed by atoms with Crippen molar-refractivity contribution in [3.8, 4) is 0 Å². The summed E-state index contributed by atoms with van der Waals surface area (Å²) in [5.74, 6) is -2.48. The standard InChI is InChI=1S/C22H37NO7/c1-2-3-4-5-6-7-8-9-10-11-12-18(16-15-20(26)30-21(16)27)29-22(28)17(23)13-14-19(24)25/h15,17-18,21,27H,2-14,23H2,1H3,(H,24,25). The summed E-state index contributed by atoms with van der Waals surface area (Å²) in [5, 5.41) is 18.6. The van der Waals surface area contributed by atoms with Crippen molar-refractivity contribution in [2.75, 3.05) is 0 Å². The van der Waals surface area contributed by atoms with Crippen molar-refractivity contribution in [3.05, 3.63) is 11.6 Å². The maximum Gasteiger partial charge on any atom is 0.333 e. The first kappa shape index (κ1) is 26.1. The zero-order valence-corrected chi connectivity index (χ0v) is 18.0. The lowest BCUT2D eigenvalue weighted by atomic mass is 10.0. The molecule has 0 aliphatic carbocycles. The Kier molecular flexibility index (Phi) is 13.0. The number of carbonyl (C=O) groups excluding carboxylic acids is 2. The molecule has 0 aromatic heterocycles. The molecule has 0 aromatic rings. The summed E-state index contributed by atoms with van der Waals surface area (Å²) >= 11 is 0. The highest BCUT2D eigenvalue weighted by Crippen LogP contribution is 2.24. The van der Waals surface area contributed by atoms with E-state index in [2.05, 4.69) is 6.92 Å². The first-order valence-electron chi connectivity index (χ1n) is 11.1. The van der Waals surface area contributed by atoms with E-state index in [1.807, 2.05) is 0 Å². The fourth-order valence-electron chi connectivity index (χ4n) is 3.41. The first-order chi connectivity index (χ1) is 14.3. The molecule has 4 N–H and O–H groups in total. The molecule has 3 unspecified atom stereocenters. The zero-order chi connectivity index (χ0) is 22.4. The second-order valence-corrected chi connectivity index (χ2v) is 7.87. The fourth-order valence-corrected chi connectivity index (χ4v) is 3.41. The van der Waals surface area contributed by atoms with E-state index in [0.29, 0.717) is 6.42 Å². The van der Waals surface area contributed by atoms with Gasteiger partial charge in [0.1, 0.15) is 12.1 Å². The molecule has 0 aromatic carbocycles. The molecule has 0 fully saturated rings. The third-order valence-electron chi connectivity index (χ3n) is 5.22. The summed E-state index contributed by atoms with van der Waals surface area (Å²) in [6.07, 6.45) is 10.6.